The second-order valence-electron chi connectivity index (χ2n) is 10.1. The summed E-state index contributed by atoms with van der Waals surface area (Å²) in [5.41, 5.74) is 1.61. The molecule has 4 heteroatoms. The van der Waals surface area contributed by atoms with E-state index in [-0.39, 0.29) is 11.6 Å². The topological polar surface area (TPSA) is 40.6 Å². The first kappa shape index (κ1) is 23.2. The number of carbonyl (C=O) groups is 2. The molecule has 0 atom stereocenters. The van der Waals surface area contributed by atoms with Gasteiger partial charge in [0.2, 0.25) is 0 Å². The van der Waals surface area contributed by atoms with Crippen LogP contribution in [0.3, 0.4) is 0 Å². The van der Waals surface area contributed by atoms with Gasteiger partial charge in [-0.25, -0.2) is 0 Å². The van der Waals surface area contributed by atoms with Gasteiger partial charge in [0.25, 0.3) is 0 Å². The van der Waals surface area contributed by atoms with Crippen LogP contribution in [0.15, 0.2) is 48.5 Å². The third-order valence-corrected chi connectivity index (χ3v) is 7.69. The van der Waals surface area contributed by atoms with Gasteiger partial charge in [-0.3, -0.25) is 9.59 Å². The Morgan fingerprint density at radius 1 is 0.588 bits per heavy atom. The van der Waals surface area contributed by atoms with E-state index < -0.39 is 0 Å². The number of hydrogen-bond acceptors (Lipinski definition) is 4. The van der Waals surface area contributed by atoms with Gasteiger partial charge in [-0.15, -0.1) is 0 Å². The minimum absolute atomic E-state index is 0.212. The number of Topliss-reactive ketones (excluding diaryl/α,β-unsaturated/α-hetero) is 2. The molecule has 0 aliphatic carbocycles. The van der Waals surface area contributed by atoms with Crippen LogP contribution >= 0.6 is 0 Å². The van der Waals surface area contributed by atoms with Crippen molar-refractivity contribution in [2.24, 2.45) is 0 Å². The van der Waals surface area contributed by atoms with Crippen molar-refractivity contribution in [3.05, 3.63) is 59.7 Å². The number of hydrogen-bond donors (Lipinski definition) is 0. The molecule has 0 radical (unpaired) electrons. The van der Waals surface area contributed by atoms with Crippen LogP contribution in [0.1, 0.15) is 72.1 Å². The maximum Gasteiger partial charge on any atom is 0.164 e. The fourth-order valence-electron chi connectivity index (χ4n) is 5.69. The molecular weight excluding hydrogens is 420 g/mol. The Bertz CT molecular complexity index is 1080. The van der Waals surface area contributed by atoms with E-state index in [1.807, 2.05) is 24.3 Å². The second-order valence-corrected chi connectivity index (χ2v) is 10.1. The molecule has 3 aromatic rings. The molecule has 0 spiro atoms. The van der Waals surface area contributed by atoms with E-state index in [9.17, 15) is 9.59 Å². The van der Waals surface area contributed by atoms with Crippen LogP contribution in [0.5, 0.6) is 0 Å². The first-order valence-electron chi connectivity index (χ1n) is 13.2. The largest absolute Gasteiger partial charge is 0.303 e. The summed E-state index contributed by atoms with van der Waals surface area (Å²) in [5.74, 6) is 0.425. The summed E-state index contributed by atoms with van der Waals surface area (Å²) in [6.45, 7) is 6.14. The summed E-state index contributed by atoms with van der Waals surface area (Å²) >= 11 is 0. The van der Waals surface area contributed by atoms with E-state index in [0.29, 0.717) is 12.8 Å². The van der Waals surface area contributed by atoms with E-state index in [1.54, 1.807) is 0 Å². The van der Waals surface area contributed by atoms with Crippen molar-refractivity contribution in [1.82, 2.24) is 9.80 Å². The Hall–Kier alpha value is -2.56. The average Bonchev–Trinajstić information content (AvgIpc) is 2.89. The maximum absolute atomic E-state index is 13.2. The SMILES string of the molecule is O=C(CCN1CCCCC1)c1cccc2cc3c(C(=O)CCN4CCCCC4)cccc3cc12. The molecule has 34 heavy (non-hydrogen) atoms. The quantitative estimate of drug-likeness (QED) is 0.303. The zero-order valence-electron chi connectivity index (χ0n) is 20.2. The van der Waals surface area contributed by atoms with Gasteiger partial charge in [0.05, 0.1) is 0 Å². The van der Waals surface area contributed by atoms with Gasteiger partial charge in [-0.2, -0.15) is 0 Å². The smallest absolute Gasteiger partial charge is 0.164 e. The Kier molecular flexibility index (Phi) is 7.36. The van der Waals surface area contributed by atoms with Crippen molar-refractivity contribution >= 4 is 33.1 Å². The molecule has 2 saturated heterocycles. The van der Waals surface area contributed by atoms with Crippen LogP contribution in [0, 0.1) is 0 Å². The van der Waals surface area contributed by atoms with E-state index in [0.717, 1.165) is 71.9 Å². The van der Waals surface area contributed by atoms with Crippen LogP contribution in [0.25, 0.3) is 21.5 Å². The lowest BCUT2D eigenvalue weighted by Crippen LogP contribution is -2.31. The highest BCUT2D eigenvalue weighted by atomic mass is 16.1. The maximum atomic E-state index is 13.2. The summed E-state index contributed by atoms with van der Waals surface area (Å²) < 4.78 is 0. The van der Waals surface area contributed by atoms with Crippen LogP contribution < -0.4 is 0 Å². The van der Waals surface area contributed by atoms with Crippen LogP contribution in [-0.4, -0.2) is 60.6 Å². The van der Waals surface area contributed by atoms with Crippen molar-refractivity contribution < 1.29 is 9.59 Å². The monoisotopic (exact) mass is 456 g/mol. The number of likely N-dealkylation sites (tertiary alicyclic amines) is 2. The van der Waals surface area contributed by atoms with Gasteiger partial charge in [0, 0.05) is 37.1 Å². The summed E-state index contributed by atoms with van der Waals surface area (Å²) in [5, 5.41) is 4.06. The minimum Gasteiger partial charge on any atom is -0.303 e. The standard InChI is InChI=1S/C30H36N2O2/c33-29(13-19-31-15-3-1-4-16-31)25-11-7-9-23-22-28-24(21-27(23)25)10-8-12-26(28)30(34)14-20-32-17-5-2-6-18-32/h7-12,21-22H,1-6,13-20H2. The summed E-state index contributed by atoms with van der Waals surface area (Å²) in [7, 11) is 0. The van der Waals surface area contributed by atoms with Gasteiger partial charge in [-0.05, 0) is 85.5 Å². The molecule has 0 unspecified atom stereocenters. The fraction of sp³-hybridized carbons (Fsp3) is 0.467. The van der Waals surface area contributed by atoms with Crippen LogP contribution in [-0.2, 0) is 0 Å². The summed E-state index contributed by atoms with van der Waals surface area (Å²) in [6, 6.07) is 16.2. The first-order chi connectivity index (χ1) is 16.7. The van der Waals surface area contributed by atoms with E-state index in [1.165, 1.54) is 38.5 Å². The first-order valence-corrected chi connectivity index (χ1v) is 13.2. The molecular formula is C30H36N2O2. The molecule has 2 aliphatic heterocycles. The van der Waals surface area contributed by atoms with Gasteiger partial charge in [-0.1, -0.05) is 49.2 Å². The number of ketones is 2. The Balaban J connectivity index is 1.37. The molecule has 0 bridgehead atoms. The van der Waals surface area contributed by atoms with Crippen molar-refractivity contribution in [1.29, 1.82) is 0 Å². The average molecular weight is 457 g/mol. The summed E-state index contributed by atoms with van der Waals surface area (Å²) in [6.07, 6.45) is 8.72. The molecule has 4 nitrogen and oxygen atoms in total. The van der Waals surface area contributed by atoms with Crippen LogP contribution in [0.4, 0.5) is 0 Å². The number of nitrogens with zero attached hydrogens (tertiary/aromatic N) is 2. The Morgan fingerprint density at radius 3 is 1.41 bits per heavy atom. The third kappa shape index (κ3) is 5.24. The molecule has 2 heterocycles. The lowest BCUT2D eigenvalue weighted by atomic mass is 9.93. The zero-order chi connectivity index (χ0) is 23.3. The predicted molar refractivity (Wildman–Crippen MR) is 140 cm³/mol. The molecule has 2 aliphatic rings. The van der Waals surface area contributed by atoms with E-state index >= 15 is 0 Å². The number of fused-ring (bicyclic) bond motifs is 2. The van der Waals surface area contributed by atoms with Crippen molar-refractivity contribution in [2.45, 2.75) is 51.4 Å². The highest BCUT2D eigenvalue weighted by Gasteiger charge is 2.17. The normalized spacial score (nSPS) is 17.9. The van der Waals surface area contributed by atoms with E-state index in [2.05, 4.69) is 34.1 Å². The number of piperidine rings is 2. The van der Waals surface area contributed by atoms with Crippen molar-refractivity contribution in [2.75, 3.05) is 39.3 Å². The molecule has 3 aromatic carbocycles. The lowest BCUT2D eigenvalue weighted by molar-refractivity contribution is 0.0952. The lowest BCUT2D eigenvalue weighted by Gasteiger charge is -2.26. The highest BCUT2D eigenvalue weighted by Crippen LogP contribution is 2.29. The molecule has 0 aromatic heterocycles. The van der Waals surface area contributed by atoms with Gasteiger partial charge >= 0.3 is 0 Å². The molecule has 178 valence electrons. The predicted octanol–water partition coefficient (Wildman–Crippen LogP) is 6.11. The van der Waals surface area contributed by atoms with Gasteiger partial charge in [0.15, 0.2) is 11.6 Å². The molecule has 0 saturated carbocycles. The number of rotatable bonds is 8. The fourth-order valence-corrected chi connectivity index (χ4v) is 5.69. The highest BCUT2D eigenvalue weighted by molar-refractivity contribution is 6.15. The minimum atomic E-state index is 0.212. The molecule has 5 rings (SSSR count). The second kappa shape index (κ2) is 10.8. The molecule has 0 N–H and O–H groups in total. The van der Waals surface area contributed by atoms with Gasteiger partial charge < -0.3 is 9.80 Å². The van der Waals surface area contributed by atoms with Crippen molar-refractivity contribution in [3.63, 3.8) is 0 Å². The Labute approximate surface area is 202 Å². The Morgan fingerprint density at radius 2 is 1.00 bits per heavy atom. The van der Waals surface area contributed by atoms with E-state index in [4.69, 9.17) is 0 Å². The zero-order valence-corrected chi connectivity index (χ0v) is 20.2. The number of benzene rings is 3. The number of carbonyl (C=O) groups excluding carboxylic acids is 2. The van der Waals surface area contributed by atoms with Gasteiger partial charge in [0.1, 0.15) is 0 Å². The molecule has 0 amide bonds. The molecule has 2 fully saturated rings. The van der Waals surface area contributed by atoms with Crippen LogP contribution in [0.2, 0.25) is 0 Å². The van der Waals surface area contributed by atoms with Crippen molar-refractivity contribution in [3.8, 4) is 0 Å². The summed E-state index contributed by atoms with van der Waals surface area (Å²) in [4.78, 5) is 31.2. The third-order valence-electron chi connectivity index (χ3n) is 7.69.